The summed E-state index contributed by atoms with van der Waals surface area (Å²) in [5, 5.41) is 3.29. The minimum absolute atomic E-state index is 0.660. The Morgan fingerprint density at radius 1 is 1.21 bits per heavy atom. The number of hydrogen-bond donors (Lipinski definition) is 1. The number of imidazole rings is 1. The maximum Gasteiger partial charge on any atom is 0.207 e. The Morgan fingerprint density at radius 3 is 2.58 bits per heavy atom. The second-order valence-corrected chi connectivity index (χ2v) is 4.25. The molecule has 0 saturated carbocycles. The maximum atomic E-state index is 5.14. The molecule has 102 valence electrons. The van der Waals surface area contributed by atoms with E-state index in [0.717, 1.165) is 29.6 Å². The first-order valence-electron chi connectivity index (χ1n) is 6.16. The van der Waals surface area contributed by atoms with Gasteiger partial charge in [-0.15, -0.1) is 0 Å². The molecule has 1 aromatic carbocycles. The van der Waals surface area contributed by atoms with E-state index in [1.54, 1.807) is 14.2 Å². The summed E-state index contributed by atoms with van der Waals surface area (Å²) in [5.41, 5.74) is 1.96. The minimum atomic E-state index is 0.660. The molecule has 5 nitrogen and oxygen atoms in total. The molecule has 0 radical (unpaired) electrons. The third-order valence-corrected chi connectivity index (χ3v) is 2.78. The molecule has 0 unspecified atom stereocenters. The number of aryl methyl sites for hydroxylation is 1. The third-order valence-electron chi connectivity index (χ3n) is 2.78. The molecular weight excluding hydrogens is 242 g/mol. The lowest BCUT2D eigenvalue weighted by Gasteiger charge is -2.09. The zero-order chi connectivity index (χ0) is 13.7. The van der Waals surface area contributed by atoms with Crippen molar-refractivity contribution in [1.29, 1.82) is 0 Å². The number of ether oxygens (including phenoxy) is 2. The van der Waals surface area contributed by atoms with Crippen LogP contribution < -0.4 is 10.1 Å². The molecule has 1 N–H and O–H groups in total. The molecule has 1 aromatic heterocycles. The average molecular weight is 261 g/mol. The fourth-order valence-electron chi connectivity index (χ4n) is 1.81. The predicted octanol–water partition coefficient (Wildman–Crippen LogP) is 2.59. The summed E-state index contributed by atoms with van der Waals surface area (Å²) in [6.45, 7) is 3.41. The van der Waals surface area contributed by atoms with E-state index in [4.69, 9.17) is 9.47 Å². The summed E-state index contributed by atoms with van der Waals surface area (Å²) in [6, 6.07) is 7.75. The molecule has 0 saturated heterocycles. The van der Waals surface area contributed by atoms with Crippen molar-refractivity contribution in [2.75, 3.05) is 26.1 Å². The molecule has 1 heterocycles. The zero-order valence-corrected chi connectivity index (χ0v) is 11.5. The van der Waals surface area contributed by atoms with Crippen LogP contribution in [-0.2, 0) is 11.3 Å². The number of nitrogens with one attached hydrogen (secondary N) is 1. The van der Waals surface area contributed by atoms with Crippen LogP contribution in [0.4, 0.5) is 11.6 Å². The predicted molar refractivity (Wildman–Crippen MR) is 75.1 cm³/mol. The molecule has 2 aromatic rings. The van der Waals surface area contributed by atoms with E-state index in [-0.39, 0.29) is 0 Å². The molecule has 2 rings (SSSR count). The minimum Gasteiger partial charge on any atom is -0.497 e. The molecule has 19 heavy (non-hydrogen) atoms. The van der Waals surface area contributed by atoms with Crippen LogP contribution in [0.3, 0.4) is 0 Å². The van der Waals surface area contributed by atoms with Crippen molar-refractivity contribution < 1.29 is 9.47 Å². The Bertz CT molecular complexity index is 520. The number of nitrogens with zero attached hydrogens (tertiary/aromatic N) is 2. The Hall–Kier alpha value is -2.01. The van der Waals surface area contributed by atoms with Gasteiger partial charge in [0.1, 0.15) is 5.75 Å². The van der Waals surface area contributed by atoms with Gasteiger partial charge in [-0.1, -0.05) is 0 Å². The van der Waals surface area contributed by atoms with Crippen LogP contribution >= 0.6 is 0 Å². The summed E-state index contributed by atoms with van der Waals surface area (Å²) >= 11 is 0. The molecule has 0 aliphatic carbocycles. The van der Waals surface area contributed by atoms with Crippen molar-refractivity contribution >= 4 is 11.6 Å². The van der Waals surface area contributed by atoms with Crippen molar-refractivity contribution in [1.82, 2.24) is 9.55 Å². The quantitative estimate of drug-likeness (QED) is 0.868. The van der Waals surface area contributed by atoms with Gasteiger partial charge in [-0.2, -0.15) is 0 Å². The monoisotopic (exact) mass is 261 g/mol. The lowest BCUT2D eigenvalue weighted by atomic mass is 10.3. The standard InChI is InChI=1S/C14H19N3O2/c1-11-10-17(8-9-18-2)14(15-11)16-12-4-6-13(19-3)7-5-12/h4-7,10H,8-9H2,1-3H3,(H,15,16). The van der Waals surface area contributed by atoms with Gasteiger partial charge < -0.3 is 19.4 Å². The van der Waals surface area contributed by atoms with Crippen molar-refractivity contribution in [3.8, 4) is 5.75 Å². The molecule has 0 atom stereocenters. The molecule has 0 aliphatic rings. The highest BCUT2D eigenvalue weighted by molar-refractivity contribution is 5.55. The first kappa shape index (κ1) is 13.4. The van der Waals surface area contributed by atoms with Crippen LogP contribution in [0.5, 0.6) is 5.75 Å². The largest absolute Gasteiger partial charge is 0.497 e. The second kappa shape index (κ2) is 6.24. The van der Waals surface area contributed by atoms with E-state index >= 15 is 0 Å². The van der Waals surface area contributed by atoms with Crippen LogP contribution in [0.1, 0.15) is 5.69 Å². The Morgan fingerprint density at radius 2 is 1.95 bits per heavy atom. The topological polar surface area (TPSA) is 48.3 Å². The van der Waals surface area contributed by atoms with Gasteiger partial charge in [-0.25, -0.2) is 4.98 Å². The number of hydrogen-bond acceptors (Lipinski definition) is 4. The molecular formula is C14H19N3O2. The Labute approximate surface area is 113 Å². The fourth-order valence-corrected chi connectivity index (χ4v) is 1.81. The van der Waals surface area contributed by atoms with Gasteiger partial charge in [-0.05, 0) is 31.2 Å². The van der Waals surface area contributed by atoms with Crippen LogP contribution in [0.2, 0.25) is 0 Å². The Kier molecular flexibility index (Phi) is 4.41. The molecule has 0 aliphatic heterocycles. The number of rotatable bonds is 6. The second-order valence-electron chi connectivity index (χ2n) is 4.25. The molecule has 5 heteroatoms. The summed E-state index contributed by atoms with van der Waals surface area (Å²) in [7, 11) is 3.35. The number of aromatic nitrogens is 2. The molecule has 0 amide bonds. The first-order valence-corrected chi connectivity index (χ1v) is 6.16. The average Bonchev–Trinajstić information content (AvgIpc) is 2.77. The number of benzene rings is 1. The normalized spacial score (nSPS) is 10.5. The van der Waals surface area contributed by atoms with Gasteiger partial charge in [0.25, 0.3) is 0 Å². The van der Waals surface area contributed by atoms with E-state index in [0.29, 0.717) is 6.61 Å². The van der Waals surface area contributed by atoms with Crippen molar-refractivity contribution in [2.24, 2.45) is 0 Å². The zero-order valence-electron chi connectivity index (χ0n) is 11.5. The fraction of sp³-hybridized carbons (Fsp3) is 0.357. The Balaban J connectivity index is 2.12. The highest BCUT2D eigenvalue weighted by atomic mass is 16.5. The highest BCUT2D eigenvalue weighted by Gasteiger charge is 2.05. The lowest BCUT2D eigenvalue weighted by Crippen LogP contribution is -2.07. The van der Waals surface area contributed by atoms with Crippen molar-refractivity contribution in [3.63, 3.8) is 0 Å². The van der Waals surface area contributed by atoms with Crippen LogP contribution in [0.15, 0.2) is 30.5 Å². The van der Waals surface area contributed by atoms with E-state index in [1.165, 1.54) is 0 Å². The summed E-state index contributed by atoms with van der Waals surface area (Å²) in [4.78, 5) is 4.47. The van der Waals surface area contributed by atoms with Gasteiger partial charge in [-0.3, -0.25) is 0 Å². The van der Waals surface area contributed by atoms with E-state index in [2.05, 4.69) is 10.3 Å². The highest BCUT2D eigenvalue weighted by Crippen LogP contribution is 2.19. The SMILES string of the molecule is COCCn1cc(C)nc1Nc1ccc(OC)cc1. The van der Waals surface area contributed by atoms with E-state index in [9.17, 15) is 0 Å². The van der Waals surface area contributed by atoms with Gasteiger partial charge in [0, 0.05) is 25.5 Å². The smallest absolute Gasteiger partial charge is 0.207 e. The number of methoxy groups -OCH3 is 2. The van der Waals surface area contributed by atoms with Crippen LogP contribution in [0.25, 0.3) is 0 Å². The van der Waals surface area contributed by atoms with Crippen molar-refractivity contribution in [3.05, 3.63) is 36.2 Å². The van der Waals surface area contributed by atoms with Gasteiger partial charge in [0.2, 0.25) is 5.95 Å². The third kappa shape index (κ3) is 3.48. The van der Waals surface area contributed by atoms with Gasteiger partial charge in [0.05, 0.1) is 19.4 Å². The lowest BCUT2D eigenvalue weighted by molar-refractivity contribution is 0.188. The summed E-state index contributed by atoms with van der Waals surface area (Å²) < 4.78 is 12.3. The van der Waals surface area contributed by atoms with Crippen LogP contribution in [-0.4, -0.2) is 30.4 Å². The summed E-state index contributed by atoms with van der Waals surface area (Å²) in [6.07, 6.45) is 2.00. The van der Waals surface area contributed by atoms with Gasteiger partial charge in [0.15, 0.2) is 0 Å². The number of anilines is 2. The van der Waals surface area contributed by atoms with E-state index < -0.39 is 0 Å². The van der Waals surface area contributed by atoms with E-state index in [1.807, 2.05) is 42.0 Å². The maximum absolute atomic E-state index is 5.14. The van der Waals surface area contributed by atoms with Crippen LogP contribution in [0, 0.1) is 6.92 Å². The molecule has 0 spiro atoms. The summed E-state index contributed by atoms with van der Waals surface area (Å²) in [5.74, 6) is 1.66. The molecule has 0 fully saturated rings. The first-order chi connectivity index (χ1) is 9.22. The molecule has 0 bridgehead atoms. The van der Waals surface area contributed by atoms with Gasteiger partial charge >= 0.3 is 0 Å². The van der Waals surface area contributed by atoms with Crippen molar-refractivity contribution in [2.45, 2.75) is 13.5 Å².